The first-order valence-corrected chi connectivity index (χ1v) is 8.38. The number of aryl methyl sites for hydroxylation is 1. The Morgan fingerprint density at radius 2 is 2.19 bits per heavy atom. The molecule has 0 aliphatic rings. The van der Waals surface area contributed by atoms with Crippen LogP contribution >= 0.6 is 0 Å². The van der Waals surface area contributed by atoms with Crippen LogP contribution in [-0.2, 0) is 21.3 Å². The van der Waals surface area contributed by atoms with E-state index in [9.17, 15) is 8.42 Å². The molecule has 0 fully saturated rings. The monoisotopic (exact) mass is 319 g/mol. The summed E-state index contributed by atoms with van der Waals surface area (Å²) in [7, 11) is 0.383. The van der Waals surface area contributed by atoms with Crippen molar-refractivity contribution in [1.29, 1.82) is 0 Å². The summed E-state index contributed by atoms with van der Waals surface area (Å²) in [6, 6.07) is 0. The lowest BCUT2D eigenvalue weighted by Crippen LogP contribution is -2.28. The fraction of sp³-hybridized carbons (Fsp3) is 0.750. The number of sulfonamides is 1. The number of hydrogen-bond acceptors (Lipinski definition) is 6. The van der Waals surface area contributed by atoms with E-state index in [4.69, 9.17) is 10.5 Å². The Morgan fingerprint density at radius 3 is 2.86 bits per heavy atom. The summed E-state index contributed by atoms with van der Waals surface area (Å²) < 4.78 is 33.4. The standard InChI is InChI=1S/C12H25N5O3S/c1-16(2)7-9-20-8-5-15-21(18,19)12-10-14-17(11-12)6-3-4-13/h10-11,15H,3-9,13H2,1-2H3. The minimum absolute atomic E-state index is 0.160. The number of nitrogens with zero attached hydrogens (tertiary/aromatic N) is 3. The van der Waals surface area contributed by atoms with E-state index >= 15 is 0 Å². The molecule has 9 heteroatoms. The van der Waals surface area contributed by atoms with Crippen molar-refractivity contribution in [2.45, 2.75) is 17.9 Å². The Kier molecular flexibility index (Phi) is 7.83. The molecule has 122 valence electrons. The lowest BCUT2D eigenvalue weighted by atomic mass is 10.4. The van der Waals surface area contributed by atoms with Gasteiger partial charge in [0.05, 0.1) is 19.4 Å². The second-order valence-electron chi connectivity index (χ2n) is 4.89. The Bertz CT molecular complexity index is 501. The van der Waals surface area contributed by atoms with E-state index in [0.29, 0.717) is 26.3 Å². The zero-order valence-corrected chi connectivity index (χ0v) is 13.5. The Labute approximate surface area is 126 Å². The van der Waals surface area contributed by atoms with Gasteiger partial charge in [0, 0.05) is 25.8 Å². The maximum atomic E-state index is 12.0. The van der Waals surface area contributed by atoms with Gasteiger partial charge in [-0.1, -0.05) is 0 Å². The molecule has 0 amide bonds. The molecule has 1 aromatic rings. The molecule has 21 heavy (non-hydrogen) atoms. The third-order valence-corrected chi connectivity index (χ3v) is 4.15. The van der Waals surface area contributed by atoms with E-state index in [1.807, 2.05) is 19.0 Å². The van der Waals surface area contributed by atoms with Crippen molar-refractivity contribution in [3.63, 3.8) is 0 Å². The average Bonchev–Trinajstić information content (AvgIpc) is 2.89. The summed E-state index contributed by atoms with van der Waals surface area (Å²) in [6.45, 7) is 3.12. The number of nitrogens with one attached hydrogen (secondary N) is 1. The number of likely N-dealkylation sites (N-methyl/N-ethyl adjacent to an activating group) is 1. The van der Waals surface area contributed by atoms with Crippen LogP contribution in [0.5, 0.6) is 0 Å². The van der Waals surface area contributed by atoms with Crippen LogP contribution in [0.25, 0.3) is 0 Å². The zero-order chi connectivity index (χ0) is 15.7. The molecular formula is C12H25N5O3S. The highest BCUT2D eigenvalue weighted by Gasteiger charge is 2.15. The van der Waals surface area contributed by atoms with Crippen molar-refractivity contribution >= 4 is 10.0 Å². The molecular weight excluding hydrogens is 294 g/mol. The Hall–Kier alpha value is -1.00. The highest BCUT2D eigenvalue weighted by atomic mass is 32.2. The van der Waals surface area contributed by atoms with Gasteiger partial charge in [-0.2, -0.15) is 5.10 Å². The van der Waals surface area contributed by atoms with Crippen molar-refractivity contribution in [1.82, 2.24) is 19.4 Å². The molecule has 0 saturated heterocycles. The summed E-state index contributed by atoms with van der Waals surface area (Å²) in [5, 5.41) is 4.00. The smallest absolute Gasteiger partial charge is 0.243 e. The molecule has 1 heterocycles. The quantitative estimate of drug-likeness (QED) is 0.512. The Morgan fingerprint density at radius 1 is 1.43 bits per heavy atom. The van der Waals surface area contributed by atoms with Gasteiger partial charge in [-0.15, -0.1) is 0 Å². The van der Waals surface area contributed by atoms with Crippen molar-refractivity contribution in [2.75, 3.05) is 46.9 Å². The van der Waals surface area contributed by atoms with Gasteiger partial charge in [0.25, 0.3) is 0 Å². The summed E-state index contributed by atoms with van der Waals surface area (Å²) in [4.78, 5) is 2.16. The third-order valence-electron chi connectivity index (χ3n) is 2.73. The van der Waals surface area contributed by atoms with Gasteiger partial charge in [0.1, 0.15) is 4.90 Å². The molecule has 8 nitrogen and oxygen atoms in total. The van der Waals surface area contributed by atoms with E-state index in [1.165, 1.54) is 12.4 Å². The van der Waals surface area contributed by atoms with Crippen molar-refractivity contribution < 1.29 is 13.2 Å². The van der Waals surface area contributed by atoms with Crippen LogP contribution in [0.3, 0.4) is 0 Å². The molecule has 0 aliphatic heterocycles. The van der Waals surface area contributed by atoms with Gasteiger partial charge in [-0.25, -0.2) is 13.1 Å². The maximum Gasteiger partial charge on any atom is 0.243 e. The second kappa shape index (κ2) is 9.11. The van der Waals surface area contributed by atoms with Crippen LogP contribution in [0, 0.1) is 0 Å². The summed E-state index contributed by atoms with van der Waals surface area (Å²) in [6.07, 6.45) is 3.60. The van der Waals surface area contributed by atoms with Gasteiger partial charge >= 0.3 is 0 Å². The van der Waals surface area contributed by atoms with Crippen LogP contribution in [0.15, 0.2) is 17.3 Å². The molecule has 0 aliphatic carbocycles. The maximum absolute atomic E-state index is 12.0. The van der Waals surface area contributed by atoms with Crippen LogP contribution in [0.2, 0.25) is 0 Å². The lowest BCUT2D eigenvalue weighted by molar-refractivity contribution is 0.122. The minimum atomic E-state index is -3.52. The molecule has 0 spiro atoms. The van der Waals surface area contributed by atoms with Crippen molar-refractivity contribution in [2.24, 2.45) is 5.73 Å². The second-order valence-corrected chi connectivity index (χ2v) is 6.66. The van der Waals surface area contributed by atoms with Crippen molar-refractivity contribution in [3.8, 4) is 0 Å². The van der Waals surface area contributed by atoms with Gasteiger partial charge in [-0.3, -0.25) is 4.68 Å². The molecule has 0 bridgehead atoms. The first-order valence-electron chi connectivity index (χ1n) is 6.90. The summed E-state index contributed by atoms with van der Waals surface area (Å²) in [5.41, 5.74) is 5.40. The van der Waals surface area contributed by atoms with Gasteiger partial charge < -0.3 is 15.4 Å². The predicted octanol–water partition coefficient (Wildman–Crippen LogP) is -0.912. The van der Waals surface area contributed by atoms with E-state index < -0.39 is 10.0 Å². The largest absolute Gasteiger partial charge is 0.379 e. The molecule has 1 rings (SSSR count). The molecule has 0 atom stereocenters. The zero-order valence-electron chi connectivity index (χ0n) is 12.7. The number of aromatic nitrogens is 2. The van der Waals surface area contributed by atoms with Crippen LogP contribution in [-0.4, -0.2) is 70.0 Å². The molecule has 3 N–H and O–H groups in total. The molecule has 0 saturated carbocycles. The molecule has 0 radical (unpaired) electrons. The minimum Gasteiger partial charge on any atom is -0.379 e. The molecule has 0 unspecified atom stereocenters. The number of ether oxygens (including phenoxy) is 1. The first kappa shape index (κ1) is 18.1. The van der Waals surface area contributed by atoms with E-state index in [0.717, 1.165) is 13.0 Å². The third kappa shape index (κ3) is 7.00. The van der Waals surface area contributed by atoms with E-state index in [2.05, 4.69) is 9.82 Å². The van der Waals surface area contributed by atoms with Gasteiger partial charge in [0.15, 0.2) is 0 Å². The van der Waals surface area contributed by atoms with Gasteiger partial charge in [-0.05, 0) is 27.1 Å². The van der Waals surface area contributed by atoms with Gasteiger partial charge in [0.2, 0.25) is 10.0 Å². The van der Waals surface area contributed by atoms with E-state index in [-0.39, 0.29) is 11.4 Å². The lowest BCUT2D eigenvalue weighted by Gasteiger charge is -2.10. The molecule has 1 aromatic heterocycles. The fourth-order valence-corrected chi connectivity index (χ4v) is 2.50. The number of nitrogens with two attached hydrogens (primary N) is 1. The molecule has 0 aromatic carbocycles. The fourth-order valence-electron chi connectivity index (χ4n) is 1.54. The highest BCUT2D eigenvalue weighted by Crippen LogP contribution is 2.06. The van der Waals surface area contributed by atoms with E-state index in [1.54, 1.807) is 4.68 Å². The SMILES string of the molecule is CN(C)CCOCCNS(=O)(=O)c1cnn(CCCN)c1. The predicted molar refractivity (Wildman–Crippen MR) is 80.5 cm³/mol. The summed E-state index contributed by atoms with van der Waals surface area (Å²) in [5.74, 6) is 0. The van der Waals surface area contributed by atoms with Crippen LogP contribution in [0.4, 0.5) is 0 Å². The average molecular weight is 319 g/mol. The van der Waals surface area contributed by atoms with Crippen LogP contribution < -0.4 is 10.5 Å². The first-order chi connectivity index (χ1) is 9.95. The highest BCUT2D eigenvalue weighted by molar-refractivity contribution is 7.89. The normalized spacial score (nSPS) is 12.2. The summed E-state index contributed by atoms with van der Waals surface area (Å²) >= 11 is 0. The number of rotatable bonds is 11. The number of hydrogen-bond donors (Lipinski definition) is 2. The van der Waals surface area contributed by atoms with Crippen LogP contribution in [0.1, 0.15) is 6.42 Å². The topological polar surface area (TPSA) is 102 Å². The Balaban J connectivity index is 2.34. The van der Waals surface area contributed by atoms with Crippen molar-refractivity contribution in [3.05, 3.63) is 12.4 Å².